The van der Waals surface area contributed by atoms with E-state index in [9.17, 15) is 9.59 Å². The predicted octanol–water partition coefficient (Wildman–Crippen LogP) is 2.64. The molecule has 2 aromatic carbocycles. The van der Waals surface area contributed by atoms with E-state index in [-0.39, 0.29) is 17.7 Å². The van der Waals surface area contributed by atoms with Crippen LogP contribution in [0.5, 0.6) is 0 Å². The summed E-state index contributed by atoms with van der Waals surface area (Å²) in [6.07, 6.45) is 0.319. The second kappa shape index (κ2) is 7.24. The van der Waals surface area contributed by atoms with Gasteiger partial charge in [0.15, 0.2) is 0 Å². The molecule has 0 unspecified atom stereocenters. The van der Waals surface area contributed by atoms with E-state index in [2.05, 4.69) is 10.9 Å². The summed E-state index contributed by atoms with van der Waals surface area (Å²) in [6.45, 7) is 1.98. The maximum Gasteiger partial charge on any atom is 0.269 e. The summed E-state index contributed by atoms with van der Waals surface area (Å²) >= 11 is 0. The van der Waals surface area contributed by atoms with Gasteiger partial charge in [0.2, 0.25) is 5.91 Å². The Hall–Kier alpha value is -2.62. The molecule has 4 heteroatoms. The SMILES string of the molecule is C[C@@H](CC(=O)NNC(=O)c1ccccc1)c1ccccc1. The van der Waals surface area contributed by atoms with Gasteiger partial charge in [-0.1, -0.05) is 55.5 Å². The molecule has 21 heavy (non-hydrogen) atoms. The highest BCUT2D eigenvalue weighted by Gasteiger charge is 2.12. The van der Waals surface area contributed by atoms with Gasteiger partial charge in [0.25, 0.3) is 5.91 Å². The first kappa shape index (κ1) is 14.8. The van der Waals surface area contributed by atoms with Crippen molar-refractivity contribution in [1.82, 2.24) is 10.9 Å². The van der Waals surface area contributed by atoms with Crippen molar-refractivity contribution in [3.63, 3.8) is 0 Å². The summed E-state index contributed by atoms with van der Waals surface area (Å²) in [7, 11) is 0. The minimum Gasteiger partial charge on any atom is -0.273 e. The largest absolute Gasteiger partial charge is 0.273 e. The van der Waals surface area contributed by atoms with E-state index in [4.69, 9.17) is 0 Å². The molecule has 2 amide bonds. The summed E-state index contributed by atoms with van der Waals surface area (Å²) in [5, 5.41) is 0. The monoisotopic (exact) mass is 282 g/mol. The molecule has 0 saturated heterocycles. The van der Waals surface area contributed by atoms with Gasteiger partial charge in [-0.25, -0.2) is 0 Å². The zero-order chi connectivity index (χ0) is 15.1. The fraction of sp³-hybridized carbons (Fsp3) is 0.176. The van der Waals surface area contributed by atoms with Crippen LogP contribution in [0.15, 0.2) is 60.7 Å². The molecule has 0 aliphatic carbocycles. The molecule has 0 aromatic heterocycles. The fourth-order valence-electron chi connectivity index (χ4n) is 2.02. The highest BCUT2D eigenvalue weighted by molar-refractivity contribution is 5.95. The van der Waals surface area contributed by atoms with E-state index in [1.54, 1.807) is 24.3 Å². The van der Waals surface area contributed by atoms with Crippen molar-refractivity contribution in [3.05, 3.63) is 71.8 Å². The van der Waals surface area contributed by atoms with Gasteiger partial charge in [0.1, 0.15) is 0 Å². The molecule has 0 radical (unpaired) electrons. The van der Waals surface area contributed by atoms with Gasteiger partial charge < -0.3 is 0 Å². The zero-order valence-corrected chi connectivity index (χ0v) is 11.9. The number of hydrogen-bond donors (Lipinski definition) is 2. The van der Waals surface area contributed by atoms with Crippen LogP contribution in [0, 0.1) is 0 Å². The molecule has 0 aliphatic rings. The fourth-order valence-corrected chi connectivity index (χ4v) is 2.02. The molecule has 0 fully saturated rings. The summed E-state index contributed by atoms with van der Waals surface area (Å²) < 4.78 is 0. The minimum atomic E-state index is -0.323. The van der Waals surface area contributed by atoms with Gasteiger partial charge in [-0.15, -0.1) is 0 Å². The minimum absolute atomic E-state index is 0.0971. The van der Waals surface area contributed by atoms with Crippen LogP contribution in [0.1, 0.15) is 35.2 Å². The van der Waals surface area contributed by atoms with Crippen LogP contribution in [-0.4, -0.2) is 11.8 Å². The van der Waals surface area contributed by atoms with Gasteiger partial charge >= 0.3 is 0 Å². The normalized spacial score (nSPS) is 11.5. The first-order valence-electron chi connectivity index (χ1n) is 6.86. The summed E-state index contributed by atoms with van der Waals surface area (Å²) in [5.74, 6) is -0.438. The zero-order valence-electron chi connectivity index (χ0n) is 11.9. The number of amides is 2. The van der Waals surface area contributed by atoms with Crippen LogP contribution in [0.3, 0.4) is 0 Å². The van der Waals surface area contributed by atoms with Gasteiger partial charge in [0.05, 0.1) is 0 Å². The molecule has 108 valence electrons. The molecule has 4 nitrogen and oxygen atoms in total. The smallest absolute Gasteiger partial charge is 0.269 e. The Balaban J connectivity index is 1.81. The third-order valence-corrected chi connectivity index (χ3v) is 3.21. The maximum absolute atomic E-state index is 11.8. The second-order valence-corrected chi connectivity index (χ2v) is 4.88. The summed E-state index contributed by atoms with van der Waals surface area (Å²) in [5.41, 5.74) is 6.47. The Bertz CT molecular complexity index is 597. The Morgan fingerprint density at radius 2 is 1.48 bits per heavy atom. The number of rotatable bonds is 4. The molecule has 1 atom stereocenters. The molecular weight excluding hydrogens is 264 g/mol. The van der Waals surface area contributed by atoms with E-state index in [0.717, 1.165) is 5.56 Å². The first-order valence-corrected chi connectivity index (χ1v) is 6.86. The lowest BCUT2D eigenvalue weighted by atomic mass is 9.98. The Morgan fingerprint density at radius 3 is 2.10 bits per heavy atom. The molecule has 2 rings (SSSR count). The van der Waals surface area contributed by atoms with Crippen LogP contribution in [0.2, 0.25) is 0 Å². The van der Waals surface area contributed by atoms with Gasteiger partial charge in [-0.05, 0) is 23.6 Å². The molecule has 0 heterocycles. The Kier molecular flexibility index (Phi) is 5.10. The highest BCUT2D eigenvalue weighted by Crippen LogP contribution is 2.17. The van der Waals surface area contributed by atoms with Crippen molar-refractivity contribution in [1.29, 1.82) is 0 Å². The third-order valence-electron chi connectivity index (χ3n) is 3.21. The van der Waals surface area contributed by atoms with E-state index in [0.29, 0.717) is 12.0 Å². The van der Waals surface area contributed by atoms with Gasteiger partial charge in [-0.3, -0.25) is 20.4 Å². The number of benzene rings is 2. The predicted molar refractivity (Wildman–Crippen MR) is 81.5 cm³/mol. The van der Waals surface area contributed by atoms with E-state index in [1.165, 1.54) is 0 Å². The van der Waals surface area contributed by atoms with Crippen molar-refractivity contribution in [2.45, 2.75) is 19.3 Å². The van der Waals surface area contributed by atoms with E-state index < -0.39 is 0 Å². The quantitative estimate of drug-likeness (QED) is 0.847. The van der Waals surface area contributed by atoms with Crippen molar-refractivity contribution in [2.24, 2.45) is 0 Å². The lowest BCUT2D eigenvalue weighted by Crippen LogP contribution is -2.41. The Morgan fingerprint density at radius 1 is 0.905 bits per heavy atom. The van der Waals surface area contributed by atoms with Crippen molar-refractivity contribution in [3.8, 4) is 0 Å². The van der Waals surface area contributed by atoms with Crippen LogP contribution in [-0.2, 0) is 4.79 Å². The number of carbonyl (C=O) groups excluding carboxylic acids is 2. The number of hydrazine groups is 1. The Labute approximate surface area is 124 Å². The topological polar surface area (TPSA) is 58.2 Å². The van der Waals surface area contributed by atoms with Crippen molar-refractivity contribution in [2.75, 3.05) is 0 Å². The highest BCUT2D eigenvalue weighted by atomic mass is 16.2. The average molecular weight is 282 g/mol. The van der Waals surface area contributed by atoms with Crippen molar-refractivity contribution >= 4 is 11.8 Å². The molecule has 0 aliphatic heterocycles. The van der Waals surface area contributed by atoms with E-state index in [1.807, 2.05) is 43.3 Å². The lowest BCUT2D eigenvalue weighted by Gasteiger charge is -2.12. The molecule has 0 spiro atoms. The summed E-state index contributed by atoms with van der Waals surface area (Å²) in [4.78, 5) is 23.6. The van der Waals surface area contributed by atoms with Gasteiger partial charge in [-0.2, -0.15) is 0 Å². The van der Waals surface area contributed by atoms with Crippen LogP contribution in [0.25, 0.3) is 0 Å². The van der Waals surface area contributed by atoms with Crippen LogP contribution >= 0.6 is 0 Å². The second-order valence-electron chi connectivity index (χ2n) is 4.88. The number of carbonyl (C=O) groups is 2. The molecule has 0 bridgehead atoms. The van der Waals surface area contributed by atoms with Crippen molar-refractivity contribution < 1.29 is 9.59 Å². The number of hydrogen-bond acceptors (Lipinski definition) is 2. The average Bonchev–Trinajstić information content (AvgIpc) is 2.54. The molecular formula is C17H18N2O2. The van der Waals surface area contributed by atoms with Crippen LogP contribution < -0.4 is 10.9 Å². The molecule has 2 N–H and O–H groups in total. The summed E-state index contributed by atoms with van der Waals surface area (Å²) in [6, 6.07) is 18.6. The first-order chi connectivity index (χ1) is 10.2. The van der Waals surface area contributed by atoms with Gasteiger partial charge in [0, 0.05) is 12.0 Å². The maximum atomic E-state index is 11.8. The molecule has 0 saturated carbocycles. The lowest BCUT2D eigenvalue weighted by molar-refractivity contribution is -0.122. The molecule has 2 aromatic rings. The number of nitrogens with one attached hydrogen (secondary N) is 2. The van der Waals surface area contributed by atoms with E-state index >= 15 is 0 Å². The third kappa shape index (κ3) is 4.45. The standard InChI is InChI=1S/C17H18N2O2/c1-13(14-8-4-2-5-9-14)12-16(20)18-19-17(21)15-10-6-3-7-11-15/h2-11,13H,12H2,1H3,(H,18,20)(H,19,21)/t13-/m0/s1. The van der Waals surface area contributed by atoms with Crippen LogP contribution in [0.4, 0.5) is 0 Å².